The van der Waals surface area contributed by atoms with Crippen molar-refractivity contribution in [2.24, 2.45) is 11.7 Å². The van der Waals surface area contributed by atoms with Gasteiger partial charge in [-0.3, -0.25) is 9.59 Å². The Balaban J connectivity index is 1.74. The summed E-state index contributed by atoms with van der Waals surface area (Å²) in [5.41, 5.74) is 7.03. The van der Waals surface area contributed by atoms with Gasteiger partial charge in [0.05, 0.1) is 13.0 Å². The molecule has 3 aromatic rings. The van der Waals surface area contributed by atoms with Crippen LogP contribution in [0.3, 0.4) is 0 Å². The second-order valence-electron chi connectivity index (χ2n) is 7.16. The summed E-state index contributed by atoms with van der Waals surface area (Å²) in [5.74, 6) is -1.16. The highest BCUT2D eigenvalue weighted by molar-refractivity contribution is 6.07. The Morgan fingerprint density at radius 2 is 1.79 bits per heavy atom. The van der Waals surface area contributed by atoms with Crippen molar-refractivity contribution in [2.45, 2.75) is 26.3 Å². The van der Waals surface area contributed by atoms with Gasteiger partial charge in [0.15, 0.2) is 0 Å². The number of amides is 3. The number of furan rings is 1. The molecule has 0 aliphatic carbocycles. The van der Waals surface area contributed by atoms with Crippen molar-refractivity contribution in [3.8, 4) is 0 Å². The third kappa shape index (κ3) is 5.04. The van der Waals surface area contributed by atoms with Crippen LogP contribution in [0.4, 0.5) is 10.5 Å². The zero-order valence-corrected chi connectivity index (χ0v) is 16.2. The lowest BCUT2D eigenvalue weighted by Crippen LogP contribution is -2.46. The summed E-state index contributed by atoms with van der Waals surface area (Å²) in [7, 11) is 0. The average Bonchev–Trinajstić information content (AvgIpc) is 3.03. The molecule has 0 saturated heterocycles. The van der Waals surface area contributed by atoms with Crippen LogP contribution in [0.5, 0.6) is 0 Å². The molecule has 1 unspecified atom stereocenters. The first kappa shape index (κ1) is 20.2. The number of fused-ring (bicyclic) bond motifs is 3. The molecule has 1 aromatic heterocycles. The van der Waals surface area contributed by atoms with Crippen molar-refractivity contribution >= 4 is 45.5 Å². The van der Waals surface area contributed by atoms with Crippen molar-refractivity contribution in [3.05, 3.63) is 42.5 Å². The lowest BCUT2D eigenvalue weighted by molar-refractivity contribution is -0.123. The minimum absolute atomic E-state index is 0.139. The molecule has 29 heavy (non-hydrogen) atoms. The van der Waals surface area contributed by atoms with E-state index < -0.39 is 23.9 Å². The fourth-order valence-corrected chi connectivity index (χ4v) is 2.87. The Bertz CT molecular complexity index is 1060. The SMILES string of the molecule is CC(C)COC(=O)NC(CC(N)=O)C(=O)Nc1ccc2c(c1)oc1ccccc12. The molecule has 1 heterocycles. The van der Waals surface area contributed by atoms with E-state index in [1.54, 1.807) is 12.1 Å². The van der Waals surface area contributed by atoms with Crippen molar-refractivity contribution in [3.63, 3.8) is 0 Å². The van der Waals surface area contributed by atoms with Gasteiger partial charge in [0.1, 0.15) is 17.2 Å². The van der Waals surface area contributed by atoms with E-state index >= 15 is 0 Å². The first-order valence-corrected chi connectivity index (χ1v) is 9.27. The predicted octanol–water partition coefficient (Wildman–Crippen LogP) is 3.15. The van der Waals surface area contributed by atoms with E-state index in [9.17, 15) is 14.4 Å². The molecule has 152 valence electrons. The Morgan fingerprint density at radius 1 is 1.07 bits per heavy atom. The van der Waals surface area contributed by atoms with Gasteiger partial charge in [0.2, 0.25) is 11.8 Å². The van der Waals surface area contributed by atoms with E-state index in [4.69, 9.17) is 14.9 Å². The van der Waals surface area contributed by atoms with Gasteiger partial charge in [-0.1, -0.05) is 32.0 Å². The second-order valence-corrected chi connectivity index (χ2v) is 7.16. The highest BCUT2D eigenvalue weighted by Crippen LogP contribution is 2.30. The van der Waals surface area contributed by atoms with Gasteiger partial charge in [-0.2, -0.15) is 0 Å². The molecule has 3 rings (SSSR count). The Morgan fingerprint density at radius 3 is 2.52 bits per heavy atom. The van der Waals surface area contributed by atoms with Crippen LogP contribution in [0, 0.1) is 5.92 Å². The molecule has 8 nitrogen and oxygen atoms in total. The van der Waals surface area contributed by atoms with E-state index in [1.807, 2.05) is 44.2 Å². The largest absolute Gasteiger partial charge is 0.456 e. The van der Waals surface area contributed by atoms with Crippen LogP contribution >= 0.6 is 0 Å². The fraction of sp³-hybridized carbons (Fsp3) is 0.286. The highest BCUT2D eigenvalue weighted by Gasteiger charge is 2.24. The van der Waals surface area contributed by atoms with Crippen molar-refractivity contribution in [2.75, 3.05) is 11.9 Å². The van der Waals surface area contributed by atoms with Gasteiger partial charge in [0.25, 0.3) is 0 Å². The number of carbonyl (C=O) groups is 3. The van der Waals surface area contributed by atoms with Gasteiger partial charge >= 0.3 is 6.09 Å². The van der Waals surface area contributed by atoms with Crippen LogP contribution in [-0.2, 0) is 14.3 Å². The minimum atomic E-state index is -1.15. The van der Waals surface area contributed by atoms with E-state index in [0.717, 1.165) is 16.4 Å². The molecule has 8 heteroatoms. The molecule has 0 spiro atoms. The molecule has 0 aliphatic rings. The van der Waals surface area contributed by atoms with Gasteiger partial charge < -0.3 is 25.5 Å². The van der Waals surface area contributed by atoms with Gasteiger partial charge in [0, 0.05) is 22.5 Å². The summed E-state index contributed by atoms with van der Waals surface area (Å²) < 4.78 is 10.8. The number of hydrogen-bond donors (Lipinski definition) is 3. The summed E-state index contributed by atoms with van der Waals surface area (Å²) >= 11 is 0. The quantitative estimate of drug-likeness (QED) is 0.565. The normalized spacial score (nSPS) is 12.1. The molecule has 0 radical (unpaired) electrons. The fourth-order valence-electron chi connectivity index (χ4n) is 2.87. The third-order valence-electron chi connectivity index (χ3n) is 4.21. The zero-order valence-electron chi connectivity index (χ0n) is 16.2. The topological polar surface area (TPSA) is 124 Å². The van der Waals surface area contributed by atoms with Crippen LogP contribution in [0.1, 0.15) is 20.3 Å². The van der Waals surface area contributed by atoms with Gasteiger partial charge in [-0.25, -0.2) is 4.79 Å². The monoisotopic (exact) mass is 397 g/mol. The molecule has 1 atom stereocenters. The van der Waals surface area contributed by atoms with E-state index in [1.165, 1.54) is 0 Å². The van der Waals surface area contributed by atoms with Crippen LogP contribution < -0.4 is 16.4 Å². The molecule has 3 amide bonds. The molecule has 0 fully saturated rings. The summed E-state index contributed by atoms with van der Waals surface area (Å²) in [4.78, 5) is 35.8. The molecule has 0 bridgehead atoms. The Kier molecular flexibility index (Phi) is 6.01. The number of primary amides is 1. The number of anilines is 1. The smallest absolute Gasteiger partial charge is 0.407 e. The van der Waals surface area contributed by atoms with Crippen LogP contribution in [-0.4, -0.2) is 30.6 Å². The Hall–Kier alpha value is -3.55. The molecule has 0 saturated carbocycles. The number of hydrogen-bond acceptors (Lipinski definition) is 5. The maximum atomic E-state index is 12.6. The number of carbonyl (C=O) groups excluding carboxylic acids is 3. The van der Waals surface area contributed by atoms with E-state index in [-0.39, 0.29) is 18.9 Å². The average molecular weight is 397 g/mol. The van der Waals surface area contributed by atoms with E-state index in [0.29, 0.717) is 11.3 Å². The maximum Gasteiger partial charge on any atom is 0.407 e. The predicted molar refractivity (Wildman–Crippen MR) is 109 cm³/mol. The number of alkyl carbamates (subject to hydrolysis) is 1. The molecule has 0 aliphatic heterocycles. The zero-order chi connectivity index (χ0) is 21.0. The van der Waals surface area contributed by atoms with Gasteiger partial charge in [-0.05, 0) is 24.1 Å². The van der Waals surface area contributed by atoms with Crippen molar-refractivity contribution < 1.29 is 23.5 Å². The van der Waals surface area contributed by atoms with Crippen molar-refractivity contribution in [1.29, 1.82) is 0 Å². The number of rotatable bonds is 7. The van der Waals surface area contributed by atoms with Gasteiger partial charge in [-0.15, -0.1) is 0 Å². The maximum absolute atomic E-state index is 12.6. The van der Waals surface area contributed by atoms with Crippen LogP contribution in [0.2, 0.25) is 0 Å². The van der Waals surface area contributed by atoms with Crippen molar-refractivity contribution in [1.82, 2.24) is 5.32 Å². The molecular formula is C21H23N3O5. The first-order chi connectivity index (χ1) is 13.8. The number of nitrogens with one attached hydrogen (secondary N) is 2. The standard InChI is InChI=1S/C21H23N3O5/c1-12(2)11-28-21(27)24-16(10-19(22)25)20(26)23-13-7-8-15-14-5-3-4-6-17(14)29-18(15)9-13/h3-9,12,16H,10-11H2,1-2H3,(H2,22,25)(H,23,26)(H,24,27). The number of ether oxygens (including phenoxy) is 1. The molecule has 2 aromatic carbocycles. The summed E-state index contributed by atoms with van der Waals surface area (Å²) in [6.45, 7) is 3.96. The summed E-state index contributed by atoms with van der Waals surface area (Å²) in [5, 5.41) is 6.95. The summed E-state index contributed by atoms with van der Waals surface area (Å²) in [6.07, 6.45) is -1.14. The Labute approximate surface area is 167 Å². The lowest BCUT2D eigenvalue weighted by atomic mass is 10.1. The van der Waals surface area contributed by atoms with Crippen LogP contribution in [0.15, 0.2) is 46.9 Å². The highest BCUT2D eigenvalue weighted by atomic mass is 16.5. The van der Waals surface area contributed by atoms with E-state index in [2.05, 4.69) is 10.6 Å². The number of nitrogens with two attached hydrogens (primary N) is 1. The number of benzene rings is 2. The molecular weight excluding hydrogens is 374 g/mol. The minimum Gasteiger partial charge on any atom is -0.456 e. The van der Waals surface area contributed by atoms with Crippen LogP contribution in [0.25, 0.3) is 21.9 Å². The summed E-state index contributed by atoms with van der Waals surface area (Å²) in [6, 6.07) is 11.7. The second kappa shape index (κ2) is 8.64. The number of para-hydroxylation sites is 1. The molecule has 4 N–H and O–H groups in total. The lowest BCUT2D eigenvalue weighted by Gasteiger charge is -2.17. The first-order valence-electron chi connectivity index (χ1n) is 9.27. The third-order valence-corrected chi connectivity index (χ3v) is 4.21.